The molecule has 0 aliphatic rings. The second kappa shape index (κ2) is 11.0. The van der Waals surface area contributed by atoms with Gasteiger partial charge in [-0.25, -0.2) is 14.1 Å². The molecule has 9 nitrogen and oxygen atoms in total. The van der Waals surface area contributed by atoms with Gasteiger partial charge in [0.2, 0.25) is 5.95 Å². The summed E-state index contributed by atoms with van der Waals surface area (Å²) in [5.74, 6) is -2.36. The molecule has 0 aliphatic heterocycles. The number of nitrogens with zero attached hydrogens (tertiary/aromatic N) is 7. The van der Waals surface area contributed by atoms with Crippen LogP contribution >= 0.6 is 11.6 Å². The van der Waals surface area contributed by atoms with E-state index in [1.54, 1.807) is 29.2 Å². The summed E-state index contributed by atoms with van der Waals surface area (Å²) in [7, 11) is 0. The number of fused-ring (bicyclic) bond motifs is 1. The highest BCUT2D eigenvalue weighted by atomic mass is 35.5. The van der Waals surface area contributed by atoms with Gasteiger partial charge in [-0.3, -0.25) is 9.97 Å². The molecular weight excluding hydrogens is 548 g/mol. The van der Waals surface area contributed by atoms with Crippen molar-refractivity contribution in [2.24, 2.45) is 0 Å². The Kier molecular flexibility index (Phi) is 6.89. The van der Waals surface area contributed by atoms with Gasteiger partial charge in [0.05, 0.1) is 51.6 Å². The van der Waals surface area contributed by atoms with Crippen LogP contribution in [0.3, 0.4) is 0 Å². The maximum absolute atomic E-state index is 13.9. The van der Waals surface area contributed by atoms with Crippen molar-refractivity contribution in [3.63, 3.8) is 0 Å². The van der Waals surface area contributed by atoms with Crippen molar-refractivity contribution >= 4 is 39.6 Å². The molecule has 12 heteroatoms. The summed E-state index contributed by atoms with van der Waals surface area (Å²) in [5, 5.41) is 25.7. The number of pyridine rings is 3. The molecule has 6 aromatic rings. The third-order valence-corrected chi connectivity index (χ3v) is 6.56. The molecule has 0 bridgehead atoms. The van der Waals surface area contributed by atoms with Crippen molar-refractivity contribution in [1.82, 2.24) is 29.9 Å². The number of nitriles is 1. The zero-order chi connectivity index (χ0) is 28.3. The number of aromatic nitrogens is 6. The van der Waals surface area contributed by atoms with Crippen LogP contribution in [0.15, 0.2) is 91.6 Å². The van der Waals surface area contributed by atoms with E-state index in [0.29, 0.717) is 33.0 Å². The molecule has 0 unspecified atom stereocenters. The molecule has 0 spiro atoms. The molecule has 1 atom stereocenters. The quantitative estimate of drug-likeness (QED) is 0.215. The summed E-state index contributed by atoms with van der Waals surface area (Å²) < 4.78 is 29.0. The van der Waals surface area contributed by atoms with E-state index in [9.17, 15) is 14.0 Å². The van der Waals surface area contributed by atoms with E-state index in [0.717, 1.165) is 23.5 Å². The highest BCUT2D eigenvalue weighted by Crippen LogP contribution is 2.36. The Hall–Kier alpha value is -5.47. The van der Waals surface area contributed by atoms with Crippen LogP contribution in [0.4, 0.5) is 25.8 Å². The third kappa shape index (κ3) is 5.24. The Labute approximate surface area is 237 Å². The molecule has 200 valence electrons. The molecule has 2 aromatic carbocycles. The molecule has 0 saturated heterocycles. The topological polar surface area (TPSA) is 117 Å². The number of nitrogens with one attached hydrogen (secondary N) is 2. The zero-order valence-electron chi connectivity index (χ0n) is 21.0. The molecule has 2 N–H and O–H groups in total. The lowest BCUT2D eigenvalue weighted by Gasteiger charge is -2.19. The number of para-hydroxylation sites is 1. The molecule has 4 aromatic heterocycles. The lowest BCUT2D eigenvalue weighted by atomic mass is 10.0. The maximum Gasteiger partial charge on any atom is 0.249 e. The van der Waals surface area contributed by atoms with Gasteiger partial charge >= 0.3 is 0 Å². The monoisotopic (exact) mass is 565 g/mol. The minimum absolute atomic E-state index is 0.146. The predicted molar refractivity (Wildman–Crippen MR) is 150 cm³/mol. The van der Waals surface area contributed by atoms with Crippen LogP contribution in [0, 0.1) is 23.1 Å². The van der Waals surface area contributed by atoms with E-state index in [1.807, 2.05) is 48.7 Å². The standard InChI is InChI=1S/C29H18ClF2N9/c30-23-10-19(9-22-26(18(12-33)14-35-28(22)23)38-20-11-24(31)29(32)36-15-20)37-27(17-5-4-8-34-13-17)25-16-41(40-39-25)21-6-2-1-3-7-21/h1-11,13-16,27,37H,(H,35,38)/t27-/m0/s1. The molecule has 0 aliphatic carbocycles. The normalized spacial score (nSPS) is 11.7. The van der Waals surface area contributed by atoms with Crippen LogP contribution in [0.25, 0.3) is 16.6 Å². The second-order valence-corrected chi connectivity index (χ2v) is 9.33. The van der Waals surface area contributed by atoms with Gasteiger partial charge in [0.15, 0.2) is 5.82 Å². The average molecular weight is 566 g/mol. The summed E-state index contributed by atoms with van der Waals surface area (Å²) in [6.07, 6.45) is 7.71. The lowest BCUT2D eigenvalue weighted by Crippen LogP contribution is -2.13. The maximum atomic E-state index is 13.9. The fourth-order valence-electron chi connectivity index (χ4n) is 4.35. The third-order valence-electron chi connectivity index (χ3n) is 6.27. The SMILES string of the molecule is N#Cc1cnc2c(Cl)cc(N[C@@H](c3cccnc3)c3cn(-c4ccccc4)nn3)cc2c1Nc1cnc(F)c(F)c1. The van der Waals surface area contributed by atoms with Gasteiger partial charge in [-0.05, 0) is 35.9 Å². The Morgan fingerprint density at radius 3 is 2.56 bits per heavy atom. The van der Waals surface area contributed by atoms with Gasteiger partial charge in [0.25, 0.3) is 0 Å². The Balaban J connectivity index is 1.43. The van der Waals surface area contributed by atoms with Crippen LogP contribution in [0.1, 0.15) is 22.9 Å². The summed E-state index contributed by atoms with van der Waals surface area (Å²) in [6.45, 7) is 0. The average Bonchev–Trinajstić information content (AvgIpc) is 3.49. The van der Waals surface area contributed by atoms with Crippen molar-refractivity contribution in [2.45, 2.75) is 6.04 Å². The first-order valence-electron chi connectivity index (χ1n) is 12.2. The van der Waals surface area contributed by atoms with Gasteiger partial charge < -0.3 is 10.6 Å². The fourth-order valence-corrected chi connectivity index (χ4v) is 4.62. The Morgan fingerprint density at radius 2 is 1.80 bits per heavy atom. The summed E-state index contributed by atoms with van der Waals surface area (Å²) in [5.41, 5.74) is 3.90. The van der Waals surface area contributed by atoms with Crippen molar-refractivity contribution in [3.05, 3.63) is 125 Å². The van der Waals surface area contributed by atoms with Gasteiger partial charge in [-0.2, -0.15) is 9.65 Å². The van der Waals surface area contributed by atoms with Gasteiger partial charge in [-0.1, -0.05) is 41.1 Å². The first-order valence-corrected chi connectivity index (χ1v) is 12.6. The second-order valence-electron chi connectivity index (χ2n) is 8.92. The Bertz CT molecular complexity index is 1910. The van der Waals surface area contributed by atoms with Crippen molar-refractivity contribution in [1.29, 1.82) is 5.26 Å². The highest BCUT2D eigenvalue weighted by Gasteiger charge is 2.21. The predicted octanol–water partition coefficient (Wildman–Crippen LogP) is 6.35. The zero-order valence-corrected chi connectivity index (χ0v) is 21.8. The number of hydrogen-bond donors (Lipinski definition) is 2. The Morgan fingerprint density at radius 1 is 0.951 bits per heavy atom. The molecule has 0 radical (unpaired) electrons. The number of hydrogen-bond acceptors (Lipinski definition) is 8. The summed E-state index contributed by atoms with van der Waals surface area (Å²) in [4.78, 5) is 12.0. The molecule has 0 saturated carbocycles. The molecule has 6 rings (SSSR count). The van der Waals surface area contributed by atoms with Gasteiger partial charge in [-0.15, -0.1) is 5.10 Å². The van der Waals surface area contributed by atoms with Crippen molar-refractivity contribution in [3.8, 4) is 11.8 Å². The van der Waals surface area contributed by atoms with Crippen LogP contribution in [-0.4, -0.2) is 29.9 Å². The fraction of sp³-hybridized carbons (Fsp3) is 0.0345. The van der Waals surface area contributed by atoms with Crippen LogP contribution in [-0.2, 0) is 0 Å². The molecule has 4 heterocycles. The van der Waals surface area contributed by atoms with Crippen molar-refractivity contribution < 1.29 is 8.78 Å². The van der Waals surface area contributed by atoms with E-state index in [1.165, 1.54) is 6.20 Å². The van der Waals surface area contributed by atoms with E-state index in [2.05, 4.69) is 42.0 Å². The smallest absolute Gasteiger partial charge is 0.249 e. The highest BCUT2D eigenvalue weighted by molar-refractivity contribution is 6.36. The lowest BCUT2D eigenvalue weighted by molar-refractivity contribution is 0.480. The number of anilines is 3. The number of halogens is 3. The molecular formula is C29H18ClF2N9. The van der Waals surface area contributed by atoms with Crippen LogP contribution < -0.4 is 10.6 Å². The van der Waals surface area contributed by atoms with Crippen LogP contribution in [0.5, 0.6) is 0 Å². The van der Waals surface area contributed by atoms with E-state index < -0.39 is 17.8 Å². The van der Waals surface area contributed by atoms with E-state index in [4.69, 9.17) is 11.6 Å². The van der Waals surface area contributed by atoms with Crippen LogP contribution in [0.2, 0.25) is 5.02 Å². The minimum Gasteiger partial charge on any atom is -0.373 e. The first-order chi connectivity index (χ1) is 20.0. The van der Waals surface area contributed by atoms with Gasteiger partial charge in [0, 0.05) is 35.7 Å². The molecule has 0 amide bonds. The molecule has 0 fully saturated rings. The summed E-state index contributed by atoms with van der Waals surface area (Å²) in [6, 6.07) is 19.3. The summed E-state index contributed by atoms with van der Waals surface area (Å²) >= 11 is 6.66. The van der Waals surface area contributed by atoms with E-state index >= 15 is 0 Å². The largest absolute Gasteiger partial charge is 0.373 e. The van der Waals surface area contributed by atoms with E-state index in [-0.39, 0.29) is 11.3 Å². The van der Waals surface area contributed by atoms with Gasteiger partial charge in [0.1, 0.15) is 11.8 Å². The minimum atomic E-state index is -1.23. The molecule has 41 heavy (non-hydrogen) atoms. The number of rotatable bonds is 7. The van der Waals surface area contributed by atoms with Crippen molar-refractivity contribution in [2.75, 3.05) is 10.6 Å². The number of benzene rings is 2. The first kappa shape index (κ1) is 25.8.